The molecule has 6 bridgehead atoms. The minimum Gasteiger partial charge on any atom is -0.465 e. The molecule has 3 unspecified atom stereocenters. The normalized spacial score (nSPS) is 50.7. The molecule has 3 atom stereocenters. The summed E-state index contributed by atoms with van der Waals surface area (Å²) < 4.78 is 5.74. The van der Waals surface area contributed by atoms with E-state index in [1.807, 2.05) is 0 Å². The molecular formula is C20H28O2. The van der Waals surface area contributed by atoms with Crippen molar-refractivity contribution in [3.63, 3.8) is 0 Å². The van der Waals surface area contributed by atoms with Crippen LogP contribution in [0.1, 0.15) is 57.8 Å². The summed E-state index contributed by atoms with van der Waals surface area (Å²) in [5, 5.41) is 0. The van der Waals surface area contributed by atoms with E-state index in [-0.39, 0.29) is 5.97 Å². The number of hydrogen-bond acceptors (Lipinski definition) is 2. The van der Waals surface area contributed by atoms with Crippen LogP contribution in [0.3, 0.4) is 0 Å². The lowest BCUT2D eigenvalue weighted by atomic mass is 9.49. The fraction of sp³-hybridized carbons (Fsp3) is 0.850. The van der Waals surface area contributed by atoms with Crippen LogP contribution in [0.25, 0.3) is 0 Å². The Labute approximate surface area is 133 Å². The van der Waals surface area contributed by atoms with E-state index in [1.54, 1.807) is 0 Å². The SMILES string of the molecule is O=C(CC12CC3CC(CC(C3)C1)C2)OCC1CC2C=CC1C2. The van der Waals surface area contributed by atoms with Crippen LogP contribution in [0.5, 0.6) is 0 Å². The third kappa shape index (κ3) is 2.25. The fourth-order valence-electron chi connectivity index (χ4n) is 7.15. The molecule has 2 nitrogen and oxygen atoms in total. The fourth-order valence-corrected chi connectivity index (χ4v) is 7.15. The summed E-state index contributed by atoms with van der Waals surface area (Å²) in [4.78, 5) is 12.5. The molecule has 2 heteroatoms. The lowest BCUT2D eigenvalue weighted by Gasteiger charge is -2.56. The average molecular weight is 300 g/mol. The Hall–Kier alpha value is -0.790. The summed E-state index contributed by atoms with van der Waals surface area (Å²) in [6.07, 6.45) is 16.3. The van der Waals surface area contributed by atoms with Crippen molar-refractivity contribution in [3.8, 4) is 0 Å². The number of ether oxygens (including phenoxy) is 1. The van der Waals surface area contributed by atoms with Gasteiger partial charge < -0.3 is 4.74 Å². The van der Waals surface area contributed by atoms with E-state index in [4.69, 9.17) is 4.74 Å². The number of hydrogen-bond donors (Lipinski definition) is 0. The van der Waals surface area contributed by atoms with Crippen LogP contribution in [0.15, 0.2) is 12.2 Å². The van der Waals surface area contributed by atoms with Crippen LogP contribution in [-0.2, 0) is 9.53 Å². The van der Waals surface area contributed by atoms with Crippen molar-refractivity contribution in [1.82, 2.24) is 0 Å². The van der Waals surface area contributed by atoms with Crippen molar-refractivity contribution in [2.24, 2.45) is 40.9 Å². The van der Waals surface area contributed by atoms with Gasteiger partial charge in [-0.05, 0) is 92.3 Å². The van der Waals surface area contributed by atoms with Crippen molar-refractivity contribution in [2.45, 2.75) is 57.8 Å². The first-order valence-corrected chi connectivity index (χ1v) is 9.51. The van der Waals surface area contributed by atoms with E-state index in [2.05, 4.69) is 12.2 Å². The third-order valence-corrected chi connectivity index (χ3v) is 7.56. The molecule has 0 aromatic rings. The molecule has 22 heavy (non-hydrogen) atoms. The highest BCUT2D eigenvalue weighted by atomic mass is 16.5. The van der Waals surface area contributed by atoms with Crippen LogP contribution >= 0.6 is 0 Å². The van der Waals surface area contributed by atoms with Gasteiger partial charge in [-0.15, -0.1) is 0 Å². The van der Waals surface area contributed by atoms with Gasteiger partial charge >= 0.3 is 5.97 Å². The molecule has 5 saturated carbocycles. The van der Waals surface area contributed by atoms with Gasteiger partial charge in [-0.25, -0.2) is 0 Å². The lowest BCUT2D eigenvalue weighted by Crippen LogP contribution is -2.47. The van der Waals surface area contributed by atoms with Gasteiger partial charge in [0.15, 0.2) is 0 Å². The molecule has 0 spiro atoms. The topological polar surface area (TPSA) is 26.3 Å². The Kier molecular flexibility index (Phi) is 3.01. The van der Waals surface area contributed by atoms with Crippen molar-refractivity contribution in [3.05, 3.63) is 12.2 Å². The molecule has 120 valence electrons. The van der Waals surface area contributed by atoms with Gasteiger partial charge in [-0.1, -0.05) is 12.2 Å². The Morgan fingerprint density at radius 1 is 0.955 bits per heavy atom. The molecule has 6 aliphatic rings. The van der Waals surface area contributed by atoms with Crippen LogP contribution in [0, 0.1) is 40.9 Å². The standard InChI is InChI=1S/C20H28O2/c21-19(22-12-18-7-13-1-2-17(18)6-13)11-20-8-14-3-15(9-20)5-16(4-14)10-20/h1-2,13-18H,3-12H2. The van der Waals surface area contributed by atoms with Gasteiger partial charge in [0, 0.05) is 0 Å². The zero-order valence-electron chi connectivity index (χ0n) is 13.5. The summed E-state index contributed by atoms with van der Waals surface area (Å²) in [5.74, 6) is 4.96. The summed E-state index contributed by atoms with van der Waals surface area (Å²) in [6.45, 7) is 0.677. The second-order valence-electron chi connectivity index (χ2n) is 9.32. The first-order chi connectivity index (χ1) is 10.7. The van der Waals surface area contributed by atoms with E-state index >= 15 is 0 Å². The van der Waals surface area contributed by atoms with E-state index in [1.165, 1.54) is 51.4 Å². The smallest absolute Gasteiger partial charge is 0.306 e. The Morgan fingerprint density at radius 2 is 1.64 bits per heavy atom. The molecule has 0 amide bonds. The van der Waals surface area contributed by atoms with Crippen LogP contribution in [0.4, 0.5) is 0 Å². The number of carbonyl (C=O) groups is 1. The molecular weight excluding hydrogens is 272 g/mol. The maximum atomic E-state index is 12.5. The largest absolute Gasteiger partial charge is 0.465 e. The number of allylic oxidation sites excluding steroid dienone is 2. The third-order valence-electron chi connectivity index (χ3n) is 7.56. The van der Waals surface area contributed by atoms with Gasteiger partial charge in [0.05, 0.1) is 13.0 Å². The van der Waals surface area contributed by atoms with E-state index in [0.717, 1.165) is 23.7 Å². The van der Waals surface area contributed by atoms with Gasteiger partial charge in [0.25, 0.3) is 0 Å². The number of fused-ring (bicyclic) bond motifs is 2. The molecule has 0 aliphatic heterocycles. The molecule has 6 aliphatic carbocycles. The molecule has 0 radical (unpaired) electrons. The zero-order valence-corrected chi connectivity index (χ0v) is 13.5. The van der Waals surface area contributed by atoms with Gasteiger partial charge in [0.2, 0.25) is 0 Å². The second kappa shape index (κ2) is 4.85. The Morgan fingerprint density at radius 3 is 2.18 bits per heavy atom. The van der Waals surface area contributed by atoms with Gasteiger partial charge in [-0.2, -0.15) is 0 Å². The summed E-state index contributed by atoms with van der Waals surface area (Å²) >= 11 is 0. The number of esters is 1. The van der Waals surface area contributed by atoms with Crippen LogP contribution in [0.2, 0.25) is 0 Å². The van der Waals surface area contributed by atoms with Gasteiger partial charge in [0.1, 0.15) is 0 Å². The molecule has 0 saturated heterocycles. The van der Waals surface area contributed by atoms with E-state index in [9.17, 15) is 4.79 Å². The Balaban J connectivity index is 1.18. The highest BCUT2D eigenvalue weighted by molar-refractivity contribution is 5.70. The first kappa shape index (κ1) is 13.6. The molecule has 6 rings (SSSR count). The van der Waals surface area contributed by atoms with Crippen molar-refractivity contribution < 1.29 is 9.53 Å². The number of rotatable bonds is 4. The predicted octanol–water partition coefficient (Wildman–Crippen LogP) is 4.35. The summed E-state index contributed by atoms with van der Waals surface area (Å²) in [7, 11) is 0. The van der Waals surface area contributed by atoms with E-state index in [0.29, 0.717) is 30.3 Å². The maximum Gasteiger partial charge on any atom is 0.306 e. The Bertz CT molecular complexity index is 471. The quantitative estimate of drug-likeness (QED) is 0.570. The molecule has 0 heterocycles. The van der Waals surface area contributed by atoms with E-state index < -0.39 is 0 Å². The van der Waals surface area contributed by atoms with Crippen LogP contribution in [-0.4, -0.2) is 12.6 Å². The molecule has 5 fully saturated rings. The molecule has 0 N–H and O–H groups in total. The zero-order chi connectivity index (χ0) is 14.7. The minimum absolute atomic E-state index is 0.105. The van der Waals surface area contributed by atoms with Gasteiger partial charge in [-0.3, -0.25) is 4.79 Å². The van der Waals surface area contributed by atoms with Crippen LogP contribution < -0.4 is 0 Å². The number of carbonyl (C=O) groups excluding carboxylic acids is 1. The average Bonchev–Trinajstić information content (AvgIpc) is 3.05. The van der Waals surface area contributed by atoms with Crippen molar-refractivity contribution in [1.29, 1.82) is 0 Å². The van der Waals surface area contributed by atoms with Crippen molar-refractivity contribution in [2.75, 3.05) is 6.61 Å². The highest BCUT2D eigenvalue weighted by Gasteiger charge is 2.51. The first-order valence-electron chi connectivity index (χ1n) is 9.51. The summed E-state index contributed by atoms with van der Waals surface area (Å²) in [6, 6.07) is 0. The molecule has 0 aromatic heterocycles. The predicted molar refractivity (Wildman–Crippen MR) is 85.0 cm³/mol. The second-order valence-corrected chi connectivity index (χ2v) is 9.32. The highest BCUT2D eigenvalue weighted by Crippen LogP contribution is 2.61. The minimum atomic E-state index is 0.105. The van der Waals surface area contributed by atoms with Crippen molar-refractivity contribution >= 4 is 5.97 Å². The summed E-state index contributed by atoms with van der Waals surface area (Å²) in [5.41, 5.74) is 0.334. The maximum absolute atomic E-state index is 12.5. The molecule has 0 aromatic carbocycles. The lowest BCUT2D eigenvalue weighted by molar-refractivity contribution is -0.153. The monoisotopic (exact) mass is 300 g/mol.